The van der Waals surface area contributed by atoms with Crippen molar-refractivity contribution in [1.29, 1.82) is 0 Å². The van der Waals surface area contributed by atoms with Crippen LogP contribution in [0, 0.1) is 20.8 Å². The van der Waals surface area contributed by atoms with Crippen molar-refractivity contribution in [1.82, 2.24) is 19.5 Å². The third-order valence-electron chi connectivity index (χ3n) is 17.4. The van der Waals surface area contributed by atoms with Crippen LogP contribution in [0.1, 0.15) is 283 Å². The van der Waals surface area contributed by atoms with Crippen LogP contribution in [-0.4, -0.2) is 4.57 Å². The number of allylic oxidation sites excluding steroid dienone is 4. The zero-order valence-electron chi connectivity index (χ0n) is 88.2. The van der Waals surface area contributed by atoms with Crippen molar-refractivity contribution in [2.75, 3.05) is 0 Å². The first kappa shape index (κ1) is 146. The smallest absolute Gasteiger partial charge is 0.0488 e. The summed E-state index contributed by atoms with van der Waals surface area (Å²) in [5.74, 6) is 0. The largest absolute Gasteiger partial charge is 0.657 e. The molecule has 4 aromatic heterocycles. The predicted octanol–water partition coefficient (Wildman–Crippen LogP) is 38.5. The Morgan fingerprint density at radius 2 is 0.438 bits per heavy atom. The summed E-state index contributed by atoms with van der Waals surface area (Å²) in [6.45, 7) is 70.3. The molecule has 0 saturated carbocycles. The second-order valence-electron chi connectivity index (χ2n) is 23.7. The number of hydrogen-bond donors (Lipinski definition) is 0. The Hall–Kier alpha value is -4.58. The minimum absolute atomic E-state index is 0. The molecule has 0 amide bonds. The first-order valence-electron chi connectivity index (χ1n) is 47.9. The first-order valence-corrected chi connectivity index (χ1v) is 47.9. The molecule has 0 atom stereocenters. The van der Waals surface area contributed by atoms with Gasteiger partial charge in [0.05, 0.1) is 0 Å². The van der Waals surface area contributed by atoms with Gasteiger partial charge in [0.1, 0.15) is 0 Å². The summed E-state index contributed by atoms with van der Waals surface area (Å²) < 4.78 is 2.24. The van der Waals surface area contributed by atoms with Gasteiger partial charge in [0, 0.05) is 225 Å². The van der Waals surface area contributed by atoms with Gasteiger partial charge in [0.15, 0.2) is 0 Å². The van der Waals surface area contributed by atoms with Crippen LogP contribution in [0.4, 0.5) is 0 Å². The number of nitrogens with zero attached hydrogens (tertiary/aromatic N) is 4. The van der Waals surface area contributed by atoms with E-state index in [4.69, 9.17) is 0 Å². The number of benzene rings is 12. The average molecular weight is 2200 g/mol. The summed E-state index contributed by atoms with van der Waals surface area (Å²) in [5.41, 5.74) is 24.4. The Morgan fingerprint density at radius 3 is 0.785 bits per heavy atom. The van der Waals surface area contributed by atoms with E-state index < -0.39 is 0 Å². The van der Waals surface area contributed by atoms with Crippen LogP contribution in [0.25, 0.3) is 112 Å². The van der Waals surface area contributed by atoms with Gasteiger partial charge in [-0.2, -0.15) is 0 Å². The molecule has 20 rings (SSSR count). The second kappa shape index (κ2) is 97.5. The van der Waals surface area contributed by atoms with Crippen LogP contribution in [0.15, 0.2) is 297 Å². The standard InChI is InChI=1S/C13H11N.3C13H10N.4C9H8.16C2H6.6Y/c1-14-12-8-4-2-6-10(12)11-7-3-5-9-13(11)14;1-9-5-4-8-12-13(9)10-6-2-3-7-11(10)14-12;1-9-6-7-13-11(8-9)10-4-2-3-5-12(10)14-13;1-9-6-7-11-10-4-2-3-5-12(10)14-13(11)8-9;4*1-2-5-9-7-3-6-8(9)4-1;16*1-2;;;;;;/h2-9H,1H3;3*2-8H,1H3;4*1-6H,7H2;16*1-2H3;;;;;;/q;3*-1;;;;;;;;;;;;;;;;;;;;;;;;;;. The van der Waals surface area contributed by atoms with Crippen molar-refractivity contribution in [2.45, 2.75) is 268 Å². The molecule has 12 aromatic carbocycles. The zero-order chi connectivity index (χ0) is 94.6. The summed E-state index contributed by atoms with van der Waals surface area (Å²) in [5, 5.41) is 10.3. The molecular weight excluding hydrogens is 2030 g/mol. The van der Waals surface area contributed by atoms with E-state index in [9.17, 15) is 0 Å². The molecule has 0 unspecified atom stereocenters. The van der Waals surface area contributed by atoms with E-state index in [1.807, 2.05) is 240 Å². The van der Waals surface area contributed by atoms with Crippen LogP contribution in [0.5, 0.6) is 0 Å². The molecule has 0 aliphatic heterocycles. The maximum atomic E-state index is 4.58. The molecule has 0 N–H and O–H groups in total. The Morgan fingerprint density at radius 1 is 0.200 bits per heavy atom. The van der Waals surface area contributed by atoms with Gasteiger partial charge in [-0.05, 0) is 141 Å². The molecule has 4 heterocycles. The monoisotopic (exact) mass is 2200 g/mol. The molecule has 690 valence electrons. The van der Waals surface area contributed by atoms with E-state index in [1.165, 1.54) is 115 Å². The van der Waals surface area contributed by atoms with Gasteiger partial charge in [-0.15, -0.1) is 33.1 Å². The van der Waals surface area contributed by atoms with Crippen molar-refractivity contribution in [2.24, 2.45) is 7.05 Å². The number of para-hydroxylation sites is 5. The van der Waals surface area contributed by atoms with Gasteiger partial charge in [-0.1, -0.05) is 542 Å². The average Bonchev–Trinajstić information content (AvgIpc) is 1.63. The van der Waals surface area contributed by atoms with Crippen LogP contribution >= 0.6 is 0 Å². The Labute approximate surface area is 948 Å². The number of hydrogen-bond acceptors (Lipinski definition) is 0. The summed E-state index contributed by atoms with van der Waals surface area (Å²) in [6, 6.07) is 94.9. The number of rotatable bonds is 0. The molecule has 16 aromatic rings. The summed E-state index contributed by atoms with van der Waals surface area (Å²) in [6.07, 6.45) is 22.0. The molecule has 10 heteroatoms. The van der Waals surface area contributed by atoms with Crippen molar-refractivity contribution >= 4 is 112 Å². The molecule has 6 radical (unpaired) electrons. The van der Waals surface area contributed by atoms with Crippen LogP contribution in [0.3, 0.4) is 0 Å². The van der Waals surface area contributed by atoms with E-state index >= 15 is 0 Å². The van der Waals surface area contributed by atoms with Gasteiger partial charge >= 0.3 is 0 Å². The molecule has 4 nitrogen and oxygen atoms in total. The van der Waals surface area contributed by atoms with Gasteiger partial charge in [0.25, 0.3) is 0 Å². The third kappa shape index (κ3) is 48.9. The van der Waals surface area contributed by atoms with Crippen molar-refractivity contribution in [3.63, 3.8) is 0 Å². The SMILES string of the molecule is C1=Cc2ccccc2C1.C1=Cc2ccccc2C1.C1=Cc2ccccc2C1.C1=Cc2ccccc2C1.CC.CC.CC.CC.CC.CC.CC.CC.CC.CC.CC.CC.CC.CC.CC.CC.Cc1ccc2[n-]c3ccccc3c2c1.Cc1ccc2c(c1)[n-]c1ccccc12.Cc1cccc2[n-]c3ccccc3c12.Cn1c2ccccc2c2ccccc21.[Y].[Y].[Y].[Y].[Y].[Y]. The topological polar surface area (TPSA) is 47.2 Å². The van der Waals surface area contributed by atoms with Crippen molar-refractivity contribution in [3.8, 4) is 0 Å². The van der Waals surface area contributed by atoms with Gasteiger partial charge in [-0.3, -0.25) is 0 Å². The normalized spacial score (nSPS) is 9.38. The van der Waals surface area contributed by atoms with Crippen molar-refractivity contribution < 1.29 is 196 Å². The molecular formula is C120H169N4Y6-3. The molecule has 4 aliphatic carbocycles. The second-order valence-corrected chi connectivity index (χ2v) is 23.7. The molecule has 0 saturated heterocycles. The fourth-order valence-electron chi connectivity index (χ4n) is 12.7. The molecule has 0 fully saturated rings. The predicted molar refractivity (Wildman–Crippen MR) is 577 cm³/mol. The summed E-state index contributed by atoms with van der Waals surface area (Å²) in [4.78, 5) is 13.7. The molecule has 130 heavy (non-hydrogen) atoms. The Kier molecular flexibility index (Phi) is 109. The van der Waals surface area contributed by atoms with E-state index in [0.29, 0.717) is 0 Å². The van der Waals surface area contributed by atoms with Crippen LogP contribution in [0.2, 0.25) is 0 Å². The number of fused-ring (bicyclic) bond motifs is 16. The summed E-state index contributed by atoms with van der Waals surface area (Å²) in [7, 11) is 2.12. The van der Waals surface area contributed by atoms with E-state index in [-0.39, 0.29) is 196 Å². The van der Waals surface area contributed by atoms with E-state index in [2.05, 4.69) is 351 Å². The fraction of sp³-hybridized carbons (Fsp3) is 0.333. The molecule has 4 aliphatic rings. The van der Waals surface area contributed by atoms with Crippen LogP contribution in [-0.2, 0) is 229 Å². The van der Waals surface area contributed by atoms with Gasteiger partial charge in [0.2, 0.25) is 0 Å². The molecule has 0 spiro atoms. The van der Waals surface area contributed by atoms with E-state index in [1.54, 1.807) is 0 Å². The molecule has 0 bridgehead atoms. The quantitative estimate of drug-likeness (QED) is 0.152. The Bertz CT molecular complexity index is 5100. The minimum Gasteiger partial charge on any atom is -0.657 e. The third-order valence-corrected chi connectivity index (χ3v) is 17.4. The number of aromatic nitrogens is 4. The maximum Gasteiger partial charge on any atom is 0.0488 e. The maximum absolute atomic E-state index is 4.58. The minimum atomic E-state index is 0. The fourth-order valence-corrected chi connectivity index (χ4v) is 12.7. The van der Waals surface area contributed by atoms with Gasteiger partial charge < -0.3 is 19.5 Å². The van der Waals surface area contributed by atoms with Crippen molar-refractivity contribution in [3.05, 3.63) is 358 Å². The summed E-state index contributed by atoms with van der Waals surface area (Å²) >= 11 is 0. The zero-order valence-corrected chi connectivity index (χ0v) is 105. The Balaban J connectivity index is -0.000000151. The van der Waals surface area contributed by atoms with E-state index in [0.717, 1.165) is 58.8 Å². The van der Waals surface area contributed by atoms with Gasteiger partial charge in [-0.25, -0.2) is 0 Å². The van der Waals surface area contributed by atoms with Crippen LogP contribution < -0.4 is 15.0 Å². The first-order chi connectivity index (χ1) is 61.3. The number of aryl methyl sites for hydroxylation is 4.